The maximum atomic E-state index is 11.8. The predicted octanol–water partition coefficient (Wildman–Crippen LogP) is -1.20. The van der Waals surface area contributed by atoms with Crippen LogP contribution in [0.3, 0.4) is 0 Å². The van der Waals surface area contributed by atoms with Crippen molar-refractivity contribution < 1.29 is 15.0 Å². The second-order valence-electron chi connectivity index (χ2n) is 4.18. The normalized spacial score (nSPS) is 12.1. The van der Waals surface area contributed by atoms with Crippen LogP contribution in [0.25, 0.3) is 0 Å². The summed E-state index contributed by atoms with van der Waals surface area (Å²) >= 11 is 0. The molecule has 1 atom stereocenters. The van der Waals surface area contributed by atoms with E-state index in [0.29, 0.717) is 11.4 Å². The Hall–Kier alpha value is -2.68. The molecule has 0 bridgehead atoms. The van der Waals surface area contributed by atoms with Crippen molar-refractivity contribution in [3.63, 3.8) is 0 Å². The molecule has 0 saturated heterocycles. The fraction of sp³-hybridized carbons (Fsp3) is 0.273. The average molecular weight is 278 g/mol. The number of H-pyrrole nitrogens is 1. The molecule has 6 N–H and O–H groups in total. The molecule has 1 aromatic carbocycles. The van der Waals surface area contributed by atoms with Crippen molar-refractivity contribution in [2.45, 2.75) is 19.0 Å². The Bertz CT molecular complexity index is 586. The van der Waals surface area contributed by atoms with Crippen molar-refractivity contribution in [1.82, 2.24) is 25.9 Å². The molecule has 1 heterocycles. The quantitative estimate of drug-likeness (QED) is 0.431. The van der Waals surface area contributed by atoms with Gasteiger partial charge in [-0.05, 0) is 24.1 Å². The highest BCUT2D eigenvalue weighted by Gasteiger charge is 2.15. The number of carbonyl (C=O) groups excluding carboxylic acids is 1. The second-order valence-corrected chi connectivity index (χ2v) is 4.18. The largest absolute Gasteiger partial charge is 0.504 e. The number of rotatable bonds is 5. The van der Waals surface area contributed by atoms with Gasteiger partial charge in [0, 0.05) is 0 Å². The van der Waals surface area contributed by atoms with Crippen molar-refractivity contribution >= 4 is 5.91 Å². The van der Waals surface area contributed by atoms with Crippen LogP contribution in [-0.2, 0) is 17.8 Å². The van der Waals surface area contributed by atoms with Crippen LogP contribution in [0.15, 0.2) is 18.2 Å². The first-order valence-corrected chi connectivity index (χ1v) is 5.82. The van der Waals surface area contributed by atoms with Crippen molar-refractivity contribution in [2.75, 3.05) is 0 Å². The smallest absolute Gasteiger partial charge is 0.237 e. The van der Waals surface area contributed by atoms with Gasteiger partial charge in [0.1, 0.15) is 0 Å². The summed E-state index contributed by atoms with van der Waals surface area (Å²) in [5.74, 6) is -0.485. The molecule has 0 aliphatic carbocycles. The number of phenols is 2. The minimum Gasteiger partial charge on any atom is -0.504 e. The summed E-state index contributed by atoms with van der Waals surface area (Å²) in [6.45, 7) is 0.129. The first kappa shape index (κ1) is 13.7. The highest BCUT2D eigenvalue weighted by Crippen LogP contribution is 2.25. The van der Waals surface area contributed by atoms with Crippen LogP contribution in [0.4, 0.5) is 0 Å². The van der Waals surface area contributed by atoms with Crippen LogP contribution in [0.5, 0.6) is 11.5 Å². The zero-order chi connectivity index (χ0) is 14.5. The molecule has 0 aliphatic rings. The van der Waals surface area contributed by atoms with Gasteiger partial charge in [-0.1, -0.05) is 11.3 Å². The Kier molecular flexibility index (Phi) is 4.11. The average Bonchev–Trinajstić information content (AvgIpc) is 2.93. The summed E-state index contributed by atoms with van der Waals surface area (Å²) in [4.78, 5) is 11.8. The van der Waals surface area contributed by atoms with Crippen LogP contribution >= 0.6 is 0 Å². The number of aromatic nitrogens is 4. The number of nitrogens with zero attached hydrogens (tertiary/aromatic N) is 3. The summed E-state index contributed by atoms with van der Waals surface area (Å²) in [6, 6.07) is 3.50. The van der Waals surface area contributed by atoms with E-state index < -0.39 is 6.04 Å². The first-order valence-electron chi connectivity index (χ1n) is 5.82. The molecule has 9 nitrogen and oxygen atoms in total. The van der Waals surface area contributed by atoms with Crippen LogP contribution in [0.2, 0.25) is 0 Å². The van der Waals surface area contributed by atoms with Crippen LogP contribution in [0, 0.1) is 0 Å². The van der Waals surface area contributed by atoms with Gasteiger partial charge in [-0.25, -0.2) is 0 Å². The van der Waals surface area contributed by atoms with Gasteiger partial charge in [0.05, 0.1) is 12.6 Å². The number of aromatic amines is 1. The molecule has 2 rings (SSSR count). The van der Waals surface area contributed by atoms with Gasteiger partial charge in [-0.3, -0.25) is 4.79 Å². The van der Waals surface area contributed by atoms with Crippen LogP contribution in [-0.4, -0.2) is 42.8 Å². The Labute approximate surface area is 113 Å². The van der Waals surface area contributed by atoms with Gasteiger partial charge in [0.2, 0.25) is 5.91 Å². The van der Waals surface area contributed by atoms with Gasteiger partial charge < -0.3 is 21.3 Å². The molecular formula is C11H14N6O3. The Morgan fingerprint density at radius 3 is 2.85 bits per heavy atom. The minimum absolute atomic E-state index is 0.129. The lowest BCUT2D eigenvalue weighted by Crippen LogP contribution is -2.41. The number of benzene rings is 1. The van der Waals surface area contributed by atoms with E-state index in [2.05, 4.69) is 25.9 Å². The molecular weight excluding hydrogens is 264 g/mol. The zero-order valence-electron chi connectivity index (χ0n) is 10.4. The number of aromatic hydroxyl groups is 2. The number of hydrogen-bond acceptors (Lipinski definition) is 7. The zero-order valence-corrected chi connectivity index (χ0v) is 10.4. The van der Waals surface area contributed by atoms with E-state index in [0.717, 1.165) is 0 Å². The Morgan fingerprint density at radius 2 is 2.20 bits per heavy atom. The van der Waals surface area contributed by atoms with Gasteiger partial charge in [-0.15, -0.1) is 10.2 Å². The van der Waals surface area contributed by atoms with E-state index >= 15 is 0 Å². The molecule has 0 fully saturated rings. The second kappa shape index (κ2) is 5.97. The number of nitrogens with one attached hydrogen (secondary N) is 2. The lowest BCUT2D eigenvalue weighted by atomic mass is 10.1. The highest BCUT2D eigenvalue weighted by molar-refractivity contribution is 5.81. The van der Waals surface area contributed by atoms with Gasteiger partial charge in [0.25, 0.3) is 0 Å². The maximum absolute atomic E-state index is 11.8. The lowest BCUT2D eigenvalue weighted by Gasteiger charge is -2.11. The number of phenolic OH excluding ortho intramolecular Hbond substituents is 2. The van der Waals surface area contributed by atoms with Crippen LogP contribution < -0.4 is 11.1 Å². The summed E-state index contributed by atoms with van der Waals surface area (Å²) in [6.07, 6.45) is 0.228. The molecule has 0 radical (unpaired) electrons. The number of amides is 1. The van der Waals surface area contributed by atoms with E-state index in [1.807, 2.05) is 0 Å². The fourth-order valence-electron chi connectivity index (χ4n) is 1.60. The molecule has 2 aromatic rings. The van der Waals surface area contributed by atoms with E-state index in [1.165, 1.54) is 12.1 Å². The third kappa shape index (κ3) is 3.42. The lowest BCUT2D eigenvalue weighted by molar-refractivity contribution is -0.122. The van der Waals surface area contributed by atoms with E-state index in [4.69, 9.17) is 5.73 Å². The Morgan fingerprint density at radius 1 is 1.40 bits per heavy atom. The van der Waals surface area contributed by atoms with Gasteiger partial charge in [-0.2, -0.15) is 5.21 Å². The molecule has 1 amide bonds. The number of nitrogens with two attached hydrogens (primary N) is 1. The summed E-state index contributed by atoms with van der Waals surface area (Å²) in [5, 5.41) is 34.1. The number of hydrogen-bond donors (Lipinski definition) is 5. The highest BCUT2D eigenvalue weighted by atomic mass is 16.3. The Balaban J connectivity index is 1.88. The third-order valence-electron chi connectivity index (χ3n) is 2.64. The summed E-state index contributed by atoms with van der Waals surface area (Å²) in [7, 11) is 0. The van der Waals surface area contributed by atoms with E-state index in [1.54, 1.807) is 6.07 Å². The van der Waals surface area contributed by atoms with Crippen LogP contribution in [0.1, 0.15) is 11.4 Å². The molecule has 0 spiro atoms. The molecule has 20 heavy (non-hydrogen) atoms. The maximum Gasteiger partial charge on any atom is 0.237 e. The monoisotopic (exact) mass is 278 g/mol. The number of carbonyl (C=O) groups is 1. The molecule has 1 aromatic heterocycles. The molecule has 9 heteroatoms. The van der Waals surface area contributed by atoms with Gasteiger partial charge >= 0.3 is 0 Å². The predicted molar refractivity (Wildman–Crippen MR) is 67.5 cm³/mol. The molecule has 0 aliphatic heterocycles. The van der Waals surface area contributed by atoms with Crippen molar-refractivity contribution in [1.29, 1.82) is 0 Å². The van der Waals surface area contributed by atoms with Crippen molar-refractivity contribution in [2.24, 2.45) is 5.73 Å². The third-order valence-corrected chi connectivity index (χ3v) is 2.64. The van der Waals surface area contributed by atoms with Gasteiger partial charge in [0.15, 0.2) is 17.3 Å². The van der Waals surface area contributed by atoms with E-state index in [9.17, 15) is 15.0 Å². The first-order chi connectivity index (χ1) is 9.56. The summed E-state index contributed by atoms with van der Waals surface area (Å²) in [5.41, 5.74) is 6.40. The standard InChI is InChI=1S/C11H14N6O3/c12-7(3-6-1-2-8(18)9(19)4-6)11(20)13-5-10-14-16-17-15-10/h1-2,4,7,18-19H,3,5,12H2,(H,13,20)(H,14,15,16,17)/t7-/m0/s1. The molecule has 106 valence electrons. The fourth-order valence-corrected chi connectivity index (χ4v) is 1.60. The van der Waals surface area contributed by atoms with E-state index in [-0.39, 0.29) is 30.4 Å². The molecule has 0 saturated carbocycles. The SMILES string of the molecule is N[C@@H](Cc1ccc(O)c(O)c1)C(=O)NCc1nn[nH]n1. The molecule has 0 unspecified atom stereocenters. The topological polar surface area (TPSA) is 150 Å². The minimum atomic E-state index is -0.786. The van der Waals surface area contributed by atoms with Crippen molar-refractivity contribution in [3.05, 3.63) is 29.6 Å². The summed E-state index contributed by atoms with van der Waals surface area (Å²) < 4.78 is 0. The number of tetrazole rings is 1. The van der Waals surface area contributed by atoms with Crippen molar-refractivity contribution in [3.8, 4) is 11.5 Å².